The Labute approximate surface area is 224 Å². The quantitative estimate of drug-likeness (QED) is 0.217. The maximum Gasteiger partial charge on any atom is 0.251 e. The highest BCUT2D eigenvalue weighted by atomic mass is 127. The fourth-order valence-corrected chi connectivity index (χ4v) is 4.14. The van der Waals surface area contributed by atoms with Gasteiger partial charge in [0.2, 0.25) is 0 Å². The number of ether oxygens (including phenoxy) is 1. The third kappa shape index (κ3) is 5.86. The molecule has 3 N–H and O–H groups in total. The number of hydrogen-bond acceptors (Lipinski definition) is 5. The molecule has 0 aliphatic carbocycles. The Bertz CT molecular complexity index is 1410. The number of carbonyl (C=O) groups is 1. The van der Waals surface area contributed by atoms with E-state index < -0.39 is 0 Å². The second kappa shape index (κ2) is 11.5. The molecule has 2 atom stereocenters. The van der Waals surface area contributed by atoms with E-state index in [0.717, 1.165) is 32.5 Å². The van der Waals surface area contributed by atoms with E-state index in [-0.39, 0.29) is 18.1 Å². The van der Waals surface area contributed by atoms with Crippen molar-refractivity contribution < 1.29 is 9.53 Å². The van der Waals surface area contributed by atoms with Crippen molar-refractivity contribution in [3.63, 3.8) is 0 Å². The maximum absolute atomic E-state index is 12.9. The first-order valence-corrected chi connectivity index (χ1v) is 13.3. The number of pyridine rings is 1. The van der Waals surface area contributed by atoms with Crippen LogP contribution in [0.2, 0.25) is 0 Å². The second-order valence-corrected chi connectivity index (χ2v) is 9.64. The maximum atomic E-state index is 12.9. The Morgan fingerprint density at radius 2 is 2.03 bits per heavy atom. The van der Waals surface area contributed by atoms with E-state index in [9.17, 15) is 10.1 Å². The molecule has 0 saturated carbocycles. The van der Waals surface area contributed by atoms with Crippen molar-refractivity contribution in [1.82, 2.24) is 14.7 Å². The number of nitriles is 1. The summed E-state index contributed by atoms with van der Waals surface area (Å²) in [4.78, 5) is 17.6. The van der Waals surface area contributed by atoms with Gasteiger partial charge in [-0.05, 0) is 55.7 Å². The number of aryl methyl sites for hydroxylation is 1. The molecular formula is C28H28IN5O2. The van der Waals surface area contributed by atoms with Crippen LogP contribution >= 0.6 is 22.6 Å². The molecular weight excluding hydrogens is 565 g/mol. The number of amides is 1. The summed E-state index contributed by atoms with van der Waals surface area (Å²) in [6, 6.07) is 19.0. The molecule has 7 nitrogen and oxygen atoms in total. The molecule has 0 bridgehead atoms. The lowest BCUT2D eigenvalue weighted by Gasteiger charge is -2.18. The molecule has 0 aliphatic rings. The Morgan fingerprint density at radius 1 is 1.25 bits per heavy atom. The Morgan fingerprint density at radius 3 is 2.69 bits per heavy atom. The zero-order valence-electron chi connectivity index (χ0n) is 20.2. The number of rotatable bonds is 9. The van der Waals surface area contributed by atoms with Gasteiger partial charge >= 0.3 is 0 Å². The lowest BCUT2D eigenvalue weighted by atomic mass is 10.0. The van der Waals surface area contributed by atoms with Crippen LogP contribution in [0.3, 0.4) is 0 Å². The first-order chi connectivity index (χ1) is 17.4. The van der Waals surface area contributed by atoms with Crippen molar-refractivity contribution in [2.75, 3.05) is 11.0 Å². The smallest absolute Gasteiger partial charge is 0.251 e. The van der Waals surface area contributed by atoms with Gasteiger partial charge in [0.1, 0.15) is 23.6 Å². The third-order valence-electron chi connectivity index (χ3n) is 5.94. The normalized spacial score (nSPS) is 12.6. The van der Waals surface area contributed by atoms with Crippen LogP contribution in [0.1, 0.15) is 34.0 Å². The summed E-state index contributed by atoms with van der Waals surface area (Å²) >= 11 is 2.23. The first-order valence-electron chi connectivity index (χ1n) is 11.7. The highest BCUT2D eigenvalue weighted by Gasteiger charge is 2.16. The van der Waals surface area contributed by atoms with Gasteiger partial charge in [0.05, 0.1) is 11.3 Å². The molecule has 0 fully saturated rings. The number of nitrogens with one attached hydrogen (secondary N) is 1. The number of aromatic nitrogens is 2. The summed E-state index contributed by atoms with van der Waals surface area (Å²) in [5.41, 5.74) is 11.8. The van der Waals surface area contributed by atoms with E-state index in [4.69, 9.17) is 15.5 Å². The number of alkyl halides is 1. The average Bonchev–Trinajstić information content (AvgIpc) is 3.34. The minimum atomic E-state index is -0.271. The predicted octanol–water partition coefficient (Wildman–Crippen LogP) is 4.68. The molecule has 36 heavy (non-hydrogen) atoms. The molecule has 1 amide bonds. The monoisotopic (exact) mass is 593 g/mol. The van der Waals surface area contributed by atoms with Crippen molar-refractivity contribution in [2.45, 2.75) is 32.4 Å². The van der Waals surface area contributed by atoms with Crippen LogP contribution in [0.15, 0.2) is 67.0 Å². The molecule has 184 valence electrons. The SMILES string of the molecule is Cc1cccn2cc(-c3ccc(C[C@@H](CN)NC(=O)c4ccc(OC(C)CI)c(C#N)c4)cc3)nc12. The zero-order valence-corrected chi connectivity index (χ0v) is 22.4. The molecule has 1 unspecified atom stereocenters. The lowest BCUT2D eigenvalue weighted by molar-refractivity contribution is 0.0938. The second-order valence-electron chi connectivity index (χ2n) is 8.76. The predicted molar refractivity (Wildman–Crippen MR) is 150 cm³/mol. The molecule has 2 aromatic heterocycles. The van der Waals surface area contributed by atoms with Gasteiger partial charge in [-0.1, -0.05) is 52.9 Å². The summed E-state index contributed by atoms with van der Waals surface area (Å²) in [6.45, 7) is 4.27. The molecule has 4 rings (SSSR count). The molecule has 8 heteroatoms. The Kier molecular flexibility index (Phi) is 8.23. The minimum absolute atomic E-state index is 0.0257. The van der Waals surface area contributed by atoms with Crippen molar-refractivity contribution >= 4 is 34.1 Å². The van der Waals surface area contributed by atoms with Gasteiger partial charge in [0, 0.05) is 40.5 Å². The number of benzene rings is 2. The van der Waals surface area contributed by atoms with Crippen LogP contribution in [0.5, 0.6) is 5.75 Å². The van der Waals surface area contributed by atoms with E-state index in [1.165, 1.54) is 0 Å². The fraction of sp³-hybridized carbons (Fsp3) is 0.250. The van der Waals surface area contributed by atoms with Gasteiger partial charge in [0.15, 0.2) is 0 Å². The highest BCUT2D eigenvalue weighted by Crippen LogP contribution is 2.23. The van der Waals surface area contributed by atoms with Crippen LogP contribution < -0.4 is 15.8 Å². The van der Waals surface area contributed by atoms with Crippen LogP contribution in [0.25, 0.3) is 16.9 Å². The van der Waals surface area contributed by atoms with Gasteiger partial charge in [0.25, 0.3) is 5.91 Å². The van der Waals surface area contributed by atoms with E-state index >= 15 is 0 Å². The Balaban J connectivity index is 1.43. The highest BCUT2D eigenvalue weighted by molar-refractivity contribution is 14.1. The standard InChI is InChI=1S/C28H28IN5O2/c1-18-4-3-11-34-17-25(33-27(18)34)21-7-5-20(6-8-21)12-24(16-31)32-28(35)22-9-10-26(23(13-22)15-30)36-19(2)14-29/h3-11,13,17,19,24H,12,14,16,31H2,1-2H3,(H,32,35)/t19?,24-/m0/s1. The van der Waals surface area contributed by atoms with Gasteiger partial charge in [-0.3, -0.25) is 4.79 Å². The number of hydrogen-bond donors (Lipinski definition) is 2. The molecule has 0 spiro atoms. The summed E-state index contributed by atoms with van der Waals surface area (Å²) in [5.74, 6) is 0.210. The van der Waals surface area contributed by atoms with Crippen LogP contribution in [-0.2, 0) is 6.42 Å². The molecule has 0 saturated heterocycles. The summed E-state index contributed by atoms with van der Waals surface area (Å²) in [7, 11) is 0. The summed E-state index contributed by atoms with van der Waals surface area (Å²) in [6.07, 6.45) is 4.58. The molecule has 2 heterocycles. The largest absolute Gasteiger partial charge is 0.489 e. The van der Waals surface area contributed by atoms with E-state index in [2.05, 4.69) is 34.0 Å². The average molecular weight is 593 g/mol. The number of imidazole rings is 1. The number of carbonyl (C=O) groups excluding carboxylic acids is 1. The number of halogens is 1. The van der Waals surface area contributed by atoms with Crippen molar-refractivity contribution in [1.29, 1.82) is 5.26 Å². The van der Waals surface area contributed by atoms with Crippen LogP contribution in [-0.4, -0.2) is 38.4 Å². The number of nitrogens with two attached hydrogens (primary N) is 1. The van der Waals surface area contributed by atoms with Gasteiger partial charge in [-0.25, -0.2) is 4.98 Å². The van der Waals surface area contributed by atoms with Crippen molar-refractivity contribution in [3.8, 4) is 23.1 Å². The topological polar surface area (TPSA) is 105 Å². The van der Waals surface area contributed by atoms with E-state index in [0.29, 0.717) is 29.8 Å². The van der Waals surface area contributed by atoms with Gasteiger partial charge in [-0.2, -0.15) is 5.26 Å². The van der Waals surface area contributed by atoms with Crippen molar-refractivity contribution in [3.05, 3.63) is 89.2 Å². The lowest BCUT2D eigenvalue weighted by Crippen LogP contribution is -2.41. The molecule has 4 aromatic rings. The molecule has 0 radical (unpaired) electrons. The Hall–Kier alpha value is -3.42. The van der Waals surface area contributed by atoms with Crippen LogP contribution in [0.4, 0.5) is 0 Å². The third-order valence-corrected chi connectivity index (χ3v) is 7.18. The number of nitrogens with zero attached hydrogens (tertiary/aromatic N) is 3. The first kappa shape index (κ1) is 25.7. The van der Waals surface area contributed by atoms with Crippen molar-refractivity contribution in [2.24, 2.45) is 5.73 Å². The summed E-state index contributed by atoms with van der Waals surface area (Å²) in [5, 5.41) is 12.5. The fourth-order valence-electron chi connectivity index (χ4n) is 3.96. The van der Waals surface area contributed by atoms with Crippen LogP contribution in [0, 0.1) is 18.3 Å². The van der Waals surface area contributed by atoms with Gasteiger partial charge in [-0.15, -0.1) is 0 Å². The molecule has 0 aliphatic heterocycles. The van der Waals surface area contributed by atoms with E-state index in [1.807, 2.05) is 67.0 Å². The minimum Gasteiger partial charge on any atom is -0.489 e. The zero-order chi connectivity index (χ0) is 25.7. The number of fused-ring (bicyclic) bond motifs is 1. The van der Waals surface area contributed by atoms with Gasteiger partial charge < -0.3 is 20.2 Å². The molecule has 2 aromatic carbocycles. The van der Waals surface area contributed by atoms with E-state index in [1.54, 1.807) is 18.2 Å². The summed E-state index contributed by atoms with van der Waals surface area (Å²) < 4.78 is 8.60.